The highest BCUT2D eigenvalue weighted by Gasteiger charge is 2.40. The Morgan fingerprint density at radius 2 is 2.15 bits per heavy atom. The fourth-order valence-electron chi connectivity index (χ4n) is 2.21. The molecular weight excluding hydrogens is 192 g/mol. The predicted molar refractivity (Wildman–Crippen MR) is 47.2 cm³/mol. The number of ether oxygens (including phenoxy) is 1. The van der Waals surface area contributed by atoms with Crippen LogP contribution >= 0.6 is 0 Å². The summed E-state index contributed by atoms with van der Waals surface area (Å²) in [7, 11) is -3.53. The van der Waals surface area contributed by atoms with Crippen molar-refractivity contribution < 1.29 is 13.2 Å². The molecule has 1 saturated carbocycles. The van der Waals surface area contributed by atoms with Crippen molar-refractivity contribution >= 4 is 10.2 Å². The molecule has 13 heavy (non-hydrogen) atoms. The van der Waals surface area contributed by atoms with Crippen LogP contribution in [0, 0.1) is 0 Å². The molecule has 0 aromatic rings. The Bertz CT molecular complexity index is 290. The Labute approximate surface area is 78.0 Å². The maximum Gasteiger partial charge on any atom is 0.277 e. The van der Waals surface area contributed by atoms with Crippen molar-refractivity contribution in [2.75, 3.05) is 13.2 Å². The van der Waals surface area contributed by atoms with Crippen LogP contribution in [0.4, 0.5) is 0 Å². The van der Waals surface area contributed by atoms with Crippen molar-refractivity contribution in [2.45, 2.75) is 31.4 Å². The van der Waals surface area contributed by atoms with Crippen LogP contribution in [-0.4, -0.2) is 38.0 Å². The first-order valence-electron chi connectivity index (χ1n) is 4.50. The number of nitrogens with zero attached hydrogens (tertiary/aromatic N) is 1. The van der Waals surface area contributed by atoms with Gasteiger partial charge in [0.25, 0.3) is 10.2 Å². The minimum Gasteiger partial charge on any atom is -0.375 e. The summed E-state index contributed by atoms with van der Waals surface area (Å²) in [6, 6.07) is -0.0104. The van der Waals surface area contributed by atoms with E-state index in [1.165, 1.54) is 4.31 Å². The molecule has 1 saturated heterocycles. The average Bonchev–Trinajstić information content (AvgIpc) is 2.48. The van der Waals surface area contributed by atoms with E-state index in [0.29, 0.717) is 13.2 Å². The molecule has 2 aliphatic rings. The van der Waals surface area contributed by atoms with Gasteiger partial charge in [0.15, 0.2) is 0 Å². The molecule has 2 unspecified atom stereocenters. The molecule has 2 rings (SSSR count). The number of nitrogens with two attached hydrogens (primary N) is 1. The van der Waals surface area contributed by atoms with Gasteiger partial charge in [-0.25, -0.2) is 5.14 Å². The molecule has 1 aliphatic heterocycles. The summed E-state index contributed by atoms with van der Waals surface area (Å²) in [5.41, 5.74) is 0. The summed E-state index contributed by atoms with van der Waals surface area (Å²) >= 11 is 0. The van der Waals surface area contributed by atoms with Gasteiger partial charge in [-0.05, 0) is 19.3 Å². The molecule has 0 aromatic carbocycles. The molecule has 0 radical (unpaired) electrons. The van der Waals surface area contributed by atoms with Gasteiger partial charge in [-0.1, -0.05) is 0 Å². The van der Waals surface area contributed by atoms with E-state index in [1.54, 1.807) is 0 Å². The van der Waals surface area contributed by atoms with Gasteiger partial charge in [0.05, 0.1) is 18.8 Å². The van der Waals surface area contributed by atoms with Crippen LogP contribution in [0.15, 0.2) is 0 Å². The van der Waals surface area contributed by atoms with Gasteiger partial charge in [0.2, 0.25) is 0 Å². The largest absolute Gasteiger partial charge is 0.375 e. The predicted octanol–water partition coefficient (Wildman–Crippen LogP) is -0.557. The lowest BCUT2D eigenvalue weighted by Crippen LogP contribution is -2.53. The van der Waals surface area contributed by atoms with Crippen molar-refractivity contribution in [3.8, 4) is 0 Å². The van der Waals surface area contributed by atoms with Crippen LogP contribution in [-0.2, 0) is 14.9 Å². The summed E-state index contributed by atoms with van der Waals surface area (Å²) < 4.78 is 29.2. The number of morpholine rings is 1. The molecule has 6 heteroatoms. The highest BCUT2D eigenvalue weighted by molar-refractivity contribution is 7.86. The third-order valence-corrected chi connectivity index (χ3v) is 3.87. The first-order valence-corrected chi connectivity index (χ1v) is 6.00. The quantitative estimate of drug-likeness (QED) is 0.625. The highest BCUT2D eigenvalue weighted by Crippen LogP contribution is 2.30. The van der Waals surface area contributed by atoms with Crippen LogP contribution in [0.1, 0.15) is 19.3 Å². The van der Waals surface area contributed by atoms with E-state index < -0.39 is 10.2 Å². The van der Waals surface area contributed by atoms with Gasteiger partial charge < -0.3 is 4.74 Å². The second-order valence-corrected chi connectivity index (χ2v) is 5.06. The maximum absolute atomic E-state index is 11.2. The fourth-order valence-corrected chi connectivity index (χ4v) is 3.15. The van der Waals surface area contributed by atoms with Gasteiger partial charge in [-0.15, -0.1) is 0 Å². The topological polar surface area (TPSA) is 72.6 Å². The molecule has 76 valence electrons. The SMILES string of the molecule is NS(=O)(=O)N1CCOC2CCCC21. The monoisotopic (exact) mass is 206 g/mol. The second-order valence-electron chi connectivity index (χ2n) is 3.56. The summed E-state index contributed by atoms with van der Waals surface area (Å²) in [5, 5.41) is 5.11. The minimum atomic E-state index is -3.53. The molecule has 1 aliphatic carbocycles. The zero-order chi connectivity index (χ0) is 9.47. The fraction of sp³-hybridized carbons (Fsp3) is 1.00. The van der Waals surface area contributed by atoms with E-state index in [0.717, 1.165) is 19.3 Å². The van der Waals surface area contributed by atoms with Crippen molar-refractivity contribution in [3.63, 3.8) is 0 Å². The van der Waals surface area contributed by atoms with Crippen molar-refractivity contribution in [3.05, 3.63) is 0 Å². The normalized spacial score (nSPS) is 36.1. The highest BCUT2D eigenvalue weighted by atomic mass is 32.2. The van der Waals surface area contributed by atoms with E-state index >= 15 is 0 Å². The van der Waals surface area contributed by atoms with Crippen LogP contribution in [0.5, 0.6) is 0 Å². The first kappa shape index (κ1) is 9.39. The Kier molecular flexibility index (Phi) is 2.31. The van der Waals surface area contributed by atoms with E-state index in [4.69, 9.17) is 9.88 Å². The van der Waals surface area contributed by atoms with E-state index in [9.17, 15) is 8.42 Å². The summed E-state index contributed by atoms with van der Waals surface area (Å²) in [5.74, 6) is 0. The van der Waals surface area contributed by atoms with Crippen LogP contribution in [0.2, 0.25) is 0 Å². The smallest absolute Gasteiger partial charge is 0.277 e. The van der Waals surface area contributed by atoms with Crippen LogP contribution in [0.25, 0.3) is 0 Å². The van der Waals surface area contributed by atoms with Gasteiger partial charge in [0, 0.05) is 6.54 Å². The Balaban J connectivity index is 2.19. The molecule has 0 aromatic heterocycles. The first-order chi connectivity index (χ1) is 6.09. The third-order valence-electron chi connectivity index (χ3n) is 2.76. The van der Waals surface area contributed by atoms with Gasteiger partial charge in [-0.2, -0.15) is 12.7 Å². The number of fused-ring (bicyclic) bond motifs is 1. The van der Waals surface area contributed by atoms with Crippen LogP contribution in [0.3, 0.4) is 0 Å². The van der Waals surface area contributed by atoms with Gasteiger partial charge in [-0.3, -0.25) is 0 Å². The van der Waals surface area contributed by atoms with E-state index in [2.05, 4.69) is 0 Å². The van der Waals surface area contributed by atoms with E-state index in [1.807, 2.05) is 0 Å². The second kappa shape index (κ2) is 3.20. The van der Waals surface area contributed by atoms with Gasteiger partial charge in [0.1, 0.15) is 0 Å². The summed E-state index contributed by atoms with van der Waals surface area (Å²) in [6.45, 7) is 0.873. The van der Waals surface area contributed by atoms with Crippen molar-refractivity contribution in [2.24, 2.45) is 5.14 Å². The van der Waals surface area contributed by atoms with Gasteiger partial charge >= 0.3 is 0 Å². The third kappa shape index (κ3) is 1.71. The number of rotatable bonds is 1. The Morgan fingerprint density at radius 3 is 2.85 bits per heavy atom. The summed E-state index contributed by atoms with van der Waals surface area (Å²) in [4.78, 5) is 0. The molecule has 0 spiro atoms. The molecule has 2 atom stereocenters. The molecule has 0 amide bonds. The molecule has 0 bridgehead atoms. The van der Waals surface area contributed by atoms with Crippen molar-refractivity contribution in [1.29, 1.82) is 0 Å². The Morgan fingerprint density at radius 1 is 1.38 bits per heavy atom. The maximum atomic E-state index is 11.2. The summed E-state index contributed by atoms with van der Waals surface area (Å²) in [6.07, 6.45) is 2.94. The molecule has 5 nitrogen and oxygen atoms in total. The van der Waals surface area contributed by atoms with Crippen LogP contribution < -0.4 is 5.14 Å². The zero-order valence-corrected chi connectivity index (χ0v) is 8.16. The van der Waals surface area contributed by atoms with Crippen molar-refractivity contribution in [1.82, 2.24) is 4.31 Å². The average molecular weight is 206 g/mol. The minimum absolute atomic E-state index is 0.0104. The molecular formula is C7H14N2O3S. The zero-order valence-electron chi connectivity index (χ0n) is 7.35. The molecule has 2 N–H and O–H groups in total. The number of hydrogen-bond donors (Lipinski definition) is 1. The lowest BCUT2D eigenvalue weighted by molar-refractivity contribution is -0.0241. The molecule has 2 fully saturated rings. The lowest BCUT2D eigenvalue weighted by Gasteiger charge is -2.35. The molecule has 1 heterocycles. The number of hydrogen-bond acceptors (Lipinski definition) is 3. The standard InChI is InChI=1S/C7H14N2O3S/c8-13(10,11)9-4-5-12-7-3-1-2-6(7)9/h6-7H,1-5H2,(H2,8,10,11). The lowest BCUT2D eigenvalue weighted by atomic mass is 10.2. The van der Waals surface area contributed by atoms with E-state index in [-0.39, 0.29) is 12.1 Å². The Hall–Kier alpha value is -0.170.